The van der Waals surface area contributed by atoms with Crippen LogP contribution in [0.25, 0.3) is 0 Å². The summed E-state index contributed by atoms with van der Waals surface area (Å²) in [6.07, 6.45) is 13.7. The molecule has 84 valence electrons. The topological polar surface area (TPSA) is 26.0 Å². The Bertz CT molecular complexity index is 241. The molecular formula is C13H21NO. The zero-order valence-electron chi connectivity index (χ0n) is 9.45. The van der Waals surface area contributed by atoms with Gasteiger partial charge in [0.05, 0.1) is 5.69 Å². The Morgan fingerprint density at radius 3 is 2.53 bits per heavy atom. The molecule has 0 saturated heterocycles. The second-order valence-corrected chi connectivity index (χ2v) is 3.94. The van der Waals surface area contributed by atoms with Gasteiger partial charge < -0.3 is 4.52 Å². The van der Waals surface area contributed by atoms with Gasteiger partial charge in [-0.2, -0.15) is 0 Å². The fourth-order valence-electron chi connectivity index (χ4n) is 1.67. The summed E-state index contributed by atoms with van der Waals surface area (Å²) in [5, 5.41) is 3.89. The van der Waals surface area contributed by atoms with Crippen LogP contribution in [0, 0.1) is 0 Å². The Kier molecular flexibility index (Phi) is 6.63. The van der Waals surface area contributed by atoms with E-state index in [4.69, 9.17) is 4.52 Å². The summed E-state index contributed by atoms with van der Waals surface area (Å²) in [7, 11) is 0. The van der Waals surface area contributed by atoms with Crippen molar-refractivity contribution in [3.63, 3.8) is 0 Å². The van der Waals surface area contributed by atoms with Crippen LogP contribution < -0.4 is 0 Å². The van der Waals surface area contributed by atoms with E-state index in [9.17, 15) is 0 Å². The Labute approximate surface area is 92.4 Å². The first-order valence-corrected chi connectivity index (χ1v) is 5.93. The Morgan fingerprint density at radius 1 is 1.13 bits per heavy atom. The third-order valence-corrected chi connectivity index (χ3v) is 2.58. The van der Waals surface area contributed by atoms with Crippen LogP contribution in [0.3, 0.4) is 0 Å². The summed E-state index contributed by atoms with van der Waals surface area (Å²) in [6, 6.07) is 1.95. The van der Waals surface area contributed by atoms with Crippen molar-refractivity contribution in [2.45, 2.75) is 51.4 Å². The Morgan fingerprint density at radius 2 is 1.87 bits per heavy atom. The normalized spacial score (nSPS) is 10.4. The maximum Gasteiger partial charge on any atom is 0.124 e. The number of unbranched alkanes of at least 4 members (excludes halogenated alkanes) is 6. The van der Waals surface area contributed by atoms with Crippen molar-refractivity contribution in [3.8, 4) is 0 Å². The molecule has 1 aromatic heterocycles. The molecule has 0 N–H and O–H groups in total. The van der Waals surface area contributed by atoms with E-state index in [1.165, 1.54) is 44.9 Å². The summed E-state index contributed by atoms with van der Waals surface area (Å²) >= 11 is 0. The number of rotatable bonds is 9. The van der Waals surface area contributed by atoms with Gasteiger partial charge in [-0.15, -0.1) is 6.58 Å². The minimum Gasteiger partial charge on any atom is -0.365 e. The average Bonchev–Trinajstić information content (AvgIpc) is 2.75. The molecule has 15 heavy (non-hydrogen) atoms. The number of allylic oxidation sites excluding steroid dienone is 1. The average molecular weight is 207 g/mol. The van der Waals surface area contributed by atoms with Gasteiger partial charge in [0.2, 0.25) is 0 Å². The molecule has 0 amide bonds. The van der Waals surface area contributed by atoms with Gasteiger partial charge in [0.25, 0.3) is 0 Å². The molecule has 0 unspecified atom stereocenters. The summed E-state index contributed by atoms with van der Waals surface area (Å²) in [5.41, 5.74) is 1.08. The lowest BCUT2D eigenvalue weighted by atomic mass is 10.1. The van der Waals surface area contributed by atoms with E-state index in [0.29, 0.717) is 0 Å². The van der Waals surface area contributed by atoms with Gasteiger partial charge in [-0.1, -0.05) is 36.9 Å². The third kappa shape index (κ3) is 6.10. The largest absolute Gasteiger partial charge is 0.365 e. The van der Waals surface area contributed by atoms with Crippen LogP contribution in [0.5, 0.6) is 0 Å². The SMILES string of the molecule is C=CCCCCCCCCc1ccon1. The van der Waals surface area contributed by atoms with Crippen LogP contribution in [-0.2, 0) is 6.42 Å². The predicted octanol–water partition coefficient (Wildman–Crippen LogP) is 4.13. The molecule has 0 aliphatic rings. The van der Waals surface area contributed by atoms with Crippen LogP contribution in [0.1, 0.15) is 50.6 Å². The number of hydrogen-bond donors (Lipinski definition) is 0. The van der Waals surface area contributed by atoms with Crippen molar-refractivity contribution in [1.82, 2.24) is 5.16 Å². The predicted molar refractivity (Wildman–Crippen MR) is 62.7 cm³/mol. The zero-order valence-corrected chi connectivity index (χ0v) is 9.45. The minimum absolute atomic E-state index is 1.06. The summed E-state index contributed by atoms with van der Waals surface area (Å²) in [4.78, 5) is 0. The lowest BCUT2D eigenvalue weighted by Crippen LogP contribution is -1.85. The van der Waals surface area contributed by atoms with Gasteiger partial charge in [0.1, 0.15) is 6.26 Å². The van der Waals surface area contributed by atoms with Crippen molar-refractivity contribution in [2.24, 2.45) is 0 Å². The van der Waals surface area contributed by atoms with Crippen molar-refractivity contribution >= 4 is 0 Å². The second-order valence-electron chi connectivity index (χ2n) is 3.94. The molecule has 0 radical (unpaired) electrons. The van der Waals surface area contributed by atoms with E-state index >= 15 is 0 Å². The fraction of sp³-hybridized carbons (Fsp3) is 0.615. The van der Waals surface area contributed by atoms with E-state index < -0.39 is 0 Å². The molecule has 0 spiro atoms. The van der Waals surface area contributed by atoms with E-state index in [0.717, 1.165) is 12.1 Å². The maximum absolute atomic E-state index is 4.78. The van der Waals surface area contributed by atoms with Crippen LogP contribution in [0.4, 0.5) is 0 Å². The van der Waals surface area contributed by atoms with Gasteiger partial charge in [-0.25, -0.2) is 0 Å². The smallest absolute Gasteiger partial charge is 0.124 e. The second kappa shape index (κ2) is 8.27. The minimum atomic E-state index is 1.06. The van der Waals surface area contributed by atoms with Gasteiger partial charge in [0.15, 0.2) is 0 Å². The molecule has 0 saturated carbocycles. The molecule has 2 heteroatoms. The molecule has 2 nitrogen and oxygen atoms in total. The van der Waals surface area contributed by atoms with Crippen LogP contribution in [0.15, 0.2) is 29.5 Å². The quantitative estimate of drug-likeness (QED) is 0.449. The van der Waals surface area contributed by atoms with Crippen LogP contribution in [0.2, 0.25) is 0 Å². The highest BCUT2D eigenvalue weighted by atomic mass is 16.5. The molecule has 1 aromatic rings. The maximum atomic E-state index is 4.78. The molecule has 0 aliphatic carbocycles. The Hall–Kier alpha value is -1.05. The highest BCUT2D eigenvalue weighted by molar-refractivity contribution is 4.94. The fourth-order valence-corrected chi connectivity index (χ4v) is 1.67. The lowest BCUT2D eigenvalue weighted by Gasteiger charge is -1.99. The lowest BCUT2D eigenvalue weighted by molar-refractivity contribution is 0.410. The highest BCUT2D eigenvalue weighted by Gasteiger charge is 1.96. The van der Waals surface area contributed by atoms with Gasteiger partial charge in [-0.05, 0) is 25.7 Å². The van der Waals surface area contributed by atoms with Crippen molar-refractivity contribution < 1.29 is 4.52 Å². The molecule has 0 atom stereocenters. The number of aryl methyl sites for hydroxylation is 1. The molecule has 0 fully saturated rings. The van der Waals surface area contributed by atoms with E-state index in [2.05, 4.69) is 11.7 Å². The van der Waals surface area contributed by atoms with E-state index in [1.54, 1.807) is 6.26 Å². The van der Waals surface area contributed by atoms with Crippen LogP contribution in [-0.4, -0.2) is 5.16 Å². The first-order chi connectivity index (χ1) is 7.43. The van der Waals surface area contributed by atoms with Gasteiger partial charge >= 0.3 is 0 Å². The molecule has 0 bridgehead atoms. The molecular weight excluding hydrogens is 186 g/mol. The summed E-state index contributed by atoms with van der Waals surface area (Å²) in [5.74, 6) is 0. The molecule has 1 rings (SSSR count). The first kappa shape index (κ1) is 12.0. The van der Waals surface area contributed by atoms with Gasteiger partial charge in [-0.3, -0.25) is 0 Å². The standard InChI is InChI=1S/C13H21NO/c1-2-3-4-5-6-7-8-9-10-13-11-12-15-14-13/h2,11-12H,1,3-10H2. The monoisotopic (exact) mass is 207 g/mol. The zero-order chi connectivity index (χ0) is 10.8. The van der Waals surface area contributed by atoms with E-state index in [1.807, 2.05) is 12.1 Å². The third-order valence-electron chi connectivity index (χ3n) is 2.58. The van der Waals surface area contributed by atoms with E-state index in [-0.39, 0.29) is 0 Å². The molecule has 0 aromatic carbocycles. The number of aromatic nitrogens is 1. The number of hydrogen-bond acceptors (Lipinski definition) is 2. The Balaban J connectivity index is 1.83. The van der Waals surface area contributed by atoms with Gasteiger partial charge in [0, 0.05) is 6.07 Å². The van der Waals surface area contributed by atoms with Crippen molar-refractivity contribution in [1.29, 1.82) is 0 Å². The highest BCUT2D eigenvalue weighted by Crippen LogP contribution is 2.09. The summed E-state index contributed by atoms with van der Waals surface area (Å²) in [6.45, 7) is 3.72. The number of nitrogens with zero attached hydrogens (tertiary/aromatic N) is 1. The first-order valence-electron chi connectivity index (χ1n) is 5.93. The summed E-state index contributed by atoms with van der Waals surface area (Å²) < 4.78 is 4.78. The molecule has 1 heterocycles. The van der Waals surface area contributed by atoms with Crippen molar-refractivity contribution in [3.05, 3.63) is 30.7 Å². The van der Waals surface area contributed by atoms with Crippen molar-refractivity contribution in [2.75, 3.05) is 0 Å². The molecule has 0 aliphatic heterocycles. The van der Waals surface area contributed by atoms with Crippen LogP contribution >= 0.6 is 0 Å².